The Morgan fingerprint density at radius 3 is 2.47 bits per heavy atom. The summed E-state index contributed by atoms with van der Waals surface area (Å²) in [6, 6.07) is 6.58. The molecule has 0 bridgehead atoms. The van der Waals surface area contributed by atoms with Crippen LogP contribution in [0.1, 0.15) is 5.82 Å². The molecule has 0 saturated carbocycles. The largest absolute Gasteiger partial charge is 0.337 e. The quantitative estimate of drug-likeness (QED) is 0.853. The highest BCUT2D eigenvalue weighted by Gasteiger charge is 2.21. The molecule has 102 valence electrons. The van der Waals surface area contributed by atoms with Crippen LogP contribution in [0.3, 0.4) is 0 Å². The van der Waals surface area contributed by atoms with E-state index in [0.29, 0.717) is 5.82 Å². The van der Waals surface area contributed by atoms with Gasteiger partial charge in [-0.1, -0.05) is 15.9 Å². The summed E-state index contributed by atoms with van der Waals surface area (Å²) in [6.45, 7) is 0.238. The lowest BCUT2D eigenvalue weighted by molar-refractivity contribution is 0.451. The van der Waals surface area contributed by atoms with E-state index in [2.05, 4.69) is 20.9 Å². The number of hydrogen-bond acceptors (Lipinski definition) is 3. The van der Waals surface area contributed by atoms with Gasteiger partial charge in [-0.05, 0) is 24.3 Å². The third-order valence-corrected chi connectivity index (χ3v) is 5.15. The van der Waals surface area contributed by atoms with Crippen molar-refractivity contribution in [3.05, 3.63) is 47.0 Å². The van der Waals surface area contributed by atoms with Gasteiger partial charge in [-0.15, -0.1) is 0 Å². The number of imidazole rings is 1. The molecule has 0 fully saturated rings. The summed E-state index contributed by atoms with van der Waals surface area (Å²) in [4.78, 5) is 4.40. The zero-order chi connectivity index (χ0) is 14.0. The fourth-order valence-electron chi connectivity index (χ4n) is 1.62. The van der Waals surface area contributed by atoms with Crippen molar-refractivity contribution < 1.29 is 8.42 Å². The standard InChI is InChI=1S/C12H14BrN3O2S/c1-15-8-7-14-12(15)9-16(2)19(17,18)11-5-3-10(13)4-6-11/h3-8H,9H2,1-2H3. The summed E-state index contributed by atoms with van der Waals surface area (Å²) in [5, 5.41) is 0. The van der Waals surface area contributed by atoms with E-state index >= 15 is 0 Å². The highest BCUT2D eigenvalue weighted by atomic mass is 79.9. The topological polar surface area (TPSA) is 55.2 Å². The van der Waals surface area contributed by atoms with Crippen LogP contribution in [-0.2, 0) is 23.6 Å². The van der Waals surface area contributed by atoms with Gasteiger partial charge in [0.25, 0.3) is 0 Å². The predicted molar refractivity (Wildman–Crippen MR) is 76.0 cm³/mol. The van der Waals surface area contributed by atoms with Crippen LogP contribution in [0.25, 0.3) is 0 Å². The van der Waals surface area contributed by atoms with Crippen molar-refractivity contribution in [1.82, 2.24) is 13.9 Å². The molecule has 0 atom stereocenters. The lowest BCUT2D eigenvalue weighted by Crippen LogP contribution is -2.27. The predicted octanol–water partition coefficient (Wildman–Crippen LogP) is 2.00. The maximum Gasteiger partial charge on any atom is 0.243 e. The summed E-state index contributed by atoms with van der Waals surface area (Å²) < 4.78 is 28.6. The summed E-state index contributed by atoms with van der Waals surface area (Å²) in [5.74, 6) is 0.697. The normalized spacial score (nSPS) is 12.0. The Balaban J connectivity index is 2.24. The van der Waals surface area contributed by atoms with Crippen molar-refractivity contribution in [3.8, 4) is 0 Å². The van der Waals surface area contributed by atoms with Crippen LogP contribution in [0.5, 0.6) is 0 Å². The minimum Gasteiger partial charge on any atom is -0.337 e. The highest BCUT2D eigenvalue weighted by molar-refractivity contribution is 9.10. The molecule has 1 heterocycles. The molecule has 0 aliphatic rings. The molecule has 0 aliphatic heterocycles. The third kappa shape index (κ3) is 3.05. The number of sulfonamides is 1. The van der Waals surface area contributed by atoms with Crippen LogP contribution in [-0.4, -0.2) is 29.3 Å². The molecule has 0 unspecified atom stereocenters. The third-order valence-electron chi connectivity index (χ3n) is 2.81. The van der Waals surface area contributed by atoms with Crippen LogP contribution in [0.15, 0.2) is 46.0 Å². The lowest BCUT2D eigenvalue weighted by Gasteiger charge is -2.17. The van der Waals surface area contributed by atoms with E-state index in [1.807, 2.05) is 7.05 Å². The van der Waals surface area contributed by atoms with Gasteiger partial charge in [0.15, 0.2) is 0 Å². The number of aryl methyl sites for hydroxylation is 1. The zero-order valence-corrected chi connectivity index (χ0v) is 13.0. The number of benzene rings is 1. The SMILES string of the molecule is CN(Cc1nccn1C)S(=O)(=O)c1ccc(Br)cc1. The first-order chi connectivity index (χ1) is 8.91. The monoisotopic (exact) mass is 343 g/mol. The van der Waals surface area contributed by atoms with Crippen molar-refractivity contribution in [3.63, 3.8) is 0 Å². The molecular weight excluding hydrogens is 330 g/mol. The Morgan fingerprint density at radius 2 is 1.95 bits per heavy atom. The lowest BCUT2D eigenvalue weighted by atomic mass is 10.4. The van der Waals surface area contributed by atoms with Crippen molar-refractivity contribution in [2.45, 2.75) is 11.4 Å². The summed E-state index contributed by atoms with van der Waals surface area (Å²) in [6.07, 6.45) is 3.44. The molecule has 0 saturated heterocycles. The van der Waals surface area contributed by atoms with E-state index in [1.54, 1.807) is 48.3 Å². The van der Waals surface area contributed by atoms with Gasteiger partial charge in [-0.25, -0.2) is 13.4 Å². The molecule has 0 radical (unpaired) electrons. The molecule has 0 spiro atoms. The molecule has 7 heteroatoms. The highest BCUT2D eigenvalue weighted by Crippen LogP contribution is 2.18. The number of rotatable bonds is 4. The van der Waals surface area contributed by atoms with Gasteiger partial charge in [0.1, 0.15) is 5.82 Å². The fraction of sp³-hybridized carbons (Fsp3) is 0.250. The Hall–Kier alpha value is -1.18. The van der Waals surface area contributed by atoms with Gasteiger partial charge in [-0.3, -0.25) is 0 Å². The van der Waals surface area contributed by atoms with Crippen LogP contribution >= 0.6 is 15.9 Å². The van der Waals surface area contributed by atoms with Gasteiger partial charge in [0.05, 0.1) is 11.4 Å². The van der Waals surface area contributed by atoms with Gasteiger partial charge >= 0.3 is 0 Å². The minimum atomic E-state index is -3.49. The first-order valence-electron chi connectivity index (χ1n) is 5.59. The molecule has 1 aromatic carbocycles. The maximum atomic E-state index is 12.4. The number of aromatic nitrogens is 2. The number of hydrogen-bond donors (Lipinski definition) is 0. The Morgan fingerprint density at radius 1 is 1.32 bits per heavy atom. The molecule has 0 amide bonds. The van der Waals surface area contributed by atoms with E-state index < -0.39 is 10.0 Å². The van der Waals surface area contributed by atoms with E-state index in [4.69, 9.17) is 0 Å². The summed E-state index contributed by atoms with van der Waals surface area (Å²) >= 11 is 3.29. The van der Waals surface area contributed by atoms with E-state index in [-0.39, 0.29) is 11.4 Å². The average molecular weight is 344 g/mol. The average Bonchev–Trinajstić information content (AvgIpc) is 2.75. The maximum absolute atomic E-state index is 12.4. The van der Waals surface area contributed by atoms with Crippen LogP contribution in [0, 0.1) is 0 Å². The fourth-order valence-corrected chi connectivity index (χ4v) is 3.01. The van der Waals surface area contributed by atoms with Crippen LogP contribution < -0.4 is 0 Å². The second kappa shape index (κ2) is 5.44. The molecule has 0 aliphatic carbocycles. The number of halogens is 1. The molecule has 2 rings (SSSR count). The van der Waals surface area contributed by atoms with Gasteiger partial charge in [0, 0.05) is 31.0 Å². The first-order valence-corrected chi connectivity index (χ1v) is 7.82. The molecule has 1 aromatic heterocycles. The van der Waals surface area contributed by atoms with E-state index in [9.17, 15) is 8.42 Å². The second-order valence-electron chi connectivity index (χ2n) is 4.17. The Bertz CT molecular complexity index is 665. The molecule has 5 nitrogen and oxygen atoms in total. The van der Waals surface area contributed by atoms with E-state index in [0.717, 1.165) is 4.47 Å². The van der Waals surface area contributed by atoms with Crippen molar-refractivity contribution in [2.24, 2.45) is 7.05 Å². The van der Waals surface area contributed by atoms with Crippen LogP contribution in [0.2, 0.25) is 0 Å². The molecule has 0 N–H and O–H groups in total. The summed E-state index contributed by atoms with van der Waals surface area (Å²) in [7, 11) is -0.106. The molecular formula is C12H14BrN3O2S. The van der Waals surface area contributed by atoms with Gasteiger partial charge in [0.2, 0.25) is 10.0 Å². The van der Waals surface area contributed by atoms with Crippen molar-refractivity contribution in [1.29, 1.82) is 0 Å². The van der Waals surface area contributed by atoms with Crippen LogP contribution in [0.4, 0.5) is 0 Å². The number of nitrogens with zero attached hydrogens (tertiary/aromatic N) is 3. The van der Waals surface area contributed by atoms with Gasteiger partial charge in [-0.2, -0.15) is 4.31 Å². The summed E-state index contributed by atoms with van der Waals surface area (Å²) in [5.41, 5.74) is 0. The Kier molecular flexibility index (Phi) is 4.07. The van der Waals surface area contributed by atoms with Gasteiger partial charge < -0.3 is 4.57 Å². The molecule has 19 heavy (non-hydrogen) atoms. The van der Waals surface area contributed by atoms with Crippen molar-refractivity contribution >= 4 is 26.0 Å². The Labute approximate surface area is 121 Å². The molecule has 2 aromatic rings. The smallest absolute Gasteiger partial charge is 0.243 e. The second-order valence-corrected chi connectivity index (χ2v) is 7.13. The first kappa shape index (κ1) is 14.2. The zero-order valence-electron chi connectivity index (χ0n) is 10.6. The van der Waals surface area contributed by atoms with E-state index in [1.165, 1.54) is 4.31 Å². The minimum absolute atomic E-state index is 0.238. The van der Waals surface area contributed by atoms with Crippen molar-refractivity contribution in [2.75, 3.05) is 7.05 Å².